The van der Waals surface area contributed by atoms with Crippen molar-refractivity contribution in [1.29, 1.82) is 0 Å². The molecule has 1 radical (unpaired) electrons. The molecule has 0 aromatic rings. The largest absolute Gasteiger partial charge is 0.512 e. The second-order valence-electron chi connectivity index (χ2n) is 5.39. The van der Waals surface area contributed by atoms with Gasteiger partial charge in [-0.3, -0.25) is 4.79 Å². The smallest absolute Gasteiger partial charge is 0.164 e. The zero-order valence-electron chi connectivity index (χ0n) is 9.81. The van der Waals surface area contributed by atoms with Crippen LogP contribution in [0.15, 0.2) is 11.8 Å². The van der Waals surface area contributed by atoms with Crippen LogP contribution in [-0.2, 0) is 4.79 Å². The molecule has 1 N–H and O–H groups in total. The van der Waals surface area contributed by atoms with Gasteiger partial charge in [-0.25, -0.2) is 0 Å². The van der Waals surface area contributed by atoms with Gasteiger partial charge in [0.05, 0.1) is 0 Å². The minimum atomic E-state index is -0.417. The van der Waals surface area contributed by atoms with Crippen LogP contribution >= 0.6 is 0 Å². The van der Waals surface area contributed by atoms with Crippen molar-refractivity contribution < 1.29 is 59.3 Å². The summed E-state index contributed by atoms with van der Waals surface area (Å²) in [6.07, 6.45) is 1.33. The van der Waals surface area contributed by atoms with Gasteiger partial charge in [0.15, 0.2) is 5.78 Å². The Labute approximate surface area is 128 Å². The Bertz CT molecular complexity index is 229. The monoisotopic (exact) mass is 337 g/mol. The van der Waals surface area contributed by atoms with E-state index in [0.717, 1.165) is 0 Å². The summed E-state index contributed by atoms with van der Waals surface area (Å²) in [4.78, 5) is 11.5. The summed E-state index contributed by atoms with van der Waals surface area (Å²) < 4.78 is 0. The minimum Gasteiger partial charge on any atom is -0.512 e. The van der Waals surface area contributed by atoms with E-state index in [-0.39, 0.29) is 66.3 Å². The molecule has 0 fully saturated rings. The second kappa shape index (κ2) is 5.76. The number of hydrogen-bond donors (Lipinski definition) is 1. The van der Waals surface area contributed by atoms with Gasteiger partial charge in [0.2, 0.25) is 0 Å². The molecule has 0 unspecified atom stereocenters. The Morgan fingerprint density at radius 1 is 1.00 bits per heavy atom. The molecular formula is C11H20EuO2. The van der Waals surface area contributed by atoms with Crippen LogP contribution in [0.25, 0.3) is 0 Å². The van der Waals surface area contributed by atoms with Crippen molar-refractivity contribution >= 4 is 5.78 Å². The molecule has 0 aromatic heterocycles. The zero-order chi connectivity index (χ0) is 10.9. The first-order valence-corrected chi connectivity index (χ1v) is 4.51. The fourth-order valence-corrected chi connectivity index (χ4v) is 0.557. The topological polar surface area (TPSA) is 37.3 Å². The van der Waals surface area contributed by atoms with Gasteiger partial charge in [0.25, 0.3) is 0 Å². The predicted molar refractivity (Wildman–Crippen MR) is 54.6 cm³/mol. The van der Waals surface area contributed by atoms with E-state index in [1.807, 2.05) is 41.5 Å². The van der Waals surface area contributed by atoms with Crippen LogP contribution in [0, 0.1) is 60.2 Å². The van der Waals surface area contributed by atoms with E-state index in [9.17, 15) is 9.90 Å². The molecular weight excluding hydrogens is 316 g/mol. The van der Waals surface area contributed by atoms with E-state index < -0.39 is 5.41 Å². The van der Waals surface area contributed by atoms with Gasteiger partial charge in [-0.2, -0.15) is 0 Å². The van der Waals surface area contributed by atoms with Crippen LogP contribution in [0.4, 0.5) is 0 Å². The number of ketones is 1. The van der Waals surface area contributed by atoms with Crippen molar-refractivity contribution in [3.05, 3.63) is 11.8 Å². The van der Waals surface area contributed by atoms with Crippen LogP contribution in [0.3, 0.4) is 0 Å². The van der Waals surface area contributed by atoms with Crippen molar-refractivity contribution in [2.75, 3.05) is 0 Å². The molecule has 14 heavy (non-hydrogen) atoms. The molecule has 0 atom stereocenters. The van der Waals surface area contributed by atoms with Gasteiger partial charge in [-0.15, -0.1) is 0 Å². The van der Waals surface area contributed by atoms with Gasteiger partial charge in [0.1, 0.15) is 5.76 Å². The van der Waals surface area contributed by atoms with Crippen molar-refractivity contribution in [1.82, 2.24) is 0 Å². The van der Waals surface area contributed by atoms with Crippen molar-refractivity contribution in [2.45, 2.75) is 41.5 Å². The van der Waals surface area contributed by atoms with E-state index in [4.69, 9.17) is 0 Å². The predicted octanol–water partition coefficient (Wildman–Crippen LogP) is 3.09. The fraction of sp³-hybridized carbons (Fsp3) is 0.727. The van der Waals surface area contributed by atoms with Crippen LogP contribution < -0.4 is 0 Å². The maximum Gasteiger partial charge on any atom is 0.164 e. The quantitative estimate of drug-likeness (QED) is 0.590. The molecule has 3 heteroatoms. The number of carbonyl (C=O) groups is 1. The standard InChI is InChI=1S/C11H20O2.Eu/c1-10(2,3)8(12)7-9(13)11(4,5)6;/h7,12H,1-6H3;/b8-7-;. The first-order valence-electron chi connectivity index (χ1n) is 4.51. The molecule has 83 valence electrons. The number of hydrogen-bond acceptors (Lipinski definition) is 2. The van der Waals surface area contributed by atoms with Crippen molar-refractivity contribution in [2.24, 2.45) is 10.8 Å². The minimum absolute atomic E-state index is 0. The Hall–Kier alpha value is 0.794. The van der Waals surface area contributed by atoms with Gasteiger partial charge >= 0.3 is 0 Å². The van der Waals surface area contributed by atoms with Crippen LogP contribution in [0.1, 0.15) is 41.5 Å². The summed E-state index contributed by atoms with van der Waals surface area (Å²) in [5.74, 6) is 0.104. The van der Waals surface area contributed by atoms with E-state index in [2.05, 4.69) is 0 Å². The summed E-state index contributed by atoms with van der Waals surface area (Å²) in [5, 5.41) is 9.56. The molecule has 0 heterocycles. The number of rotatable bonds is 1. The SMILES string of the molecule is CC(C)(C)C(=O)/C=C(\O)C(C)(C)C.[Eu]. The van der Waals surface area contributed by atoms with Gasteiger partial charge in [-0.1, -0.05) is 41.5 Å². The third-order valence-electron chi connectivity index (χ3n) is 1.78. The molecule has 0 rings (SSSR count). The summed E-state index contributed by atoms with van der Waals surface area (Å²) in [6.45, 7) is 11.1. The van der Waals surface area contributed by atoms with Crippen LogP contribution in [0.5, 0.6) is 0 Å². The van der Waals surface area contributed by atoms with Crippen molar-refractivity contribution in [3.63, 3.8) is 0 Å². The number of aliphatic hydroxyl groups excluding tert-OH is 1. The van der Waals surface area contributed by atoms with Crippen molar-refractivity contribution in [3.8, 4) is 0 Å². The maximum absolute atomic E-state index is 11.5. The zero-order valence-corrected chi connectivity index (χ0v) is 12.2. The summed E-state index contributed by atoms with van der Waals surface area (Å²) >= 11 is 0. The molecule has 0 aromatic carbocycles. The van der Waals surface area contributed by atoms with Gasteiger partial charge in [0, 0.05) is 66.3 Å². The Morgan fingerprint density at radius 2 is 1.36 bits per heavy atom. The second-order valence-corrected chi connectivity index (χ2v) is 5.39. The normalized spacial score (nSPS) is 13.4. The third-order valence-corrected chi connectivity index (χ3v) is 1.78. The number of aliphatic hydroxyl groups is 1. The average Bonchev–Trinajstić information content (AvgIpc) is 1.82. The molecule has 0 aliphatic heterocycles. The van der Waals surface area contributed by atoms with Crippen LogP contribution in [0.2, 0.25) is 0 Å². The van der Waals surface area contributed by atoms with Gasteiger partial charge in [-0.05, 0) is 0 Å². The summed E-state index contributed by atoms with van der Waals surface area (Å²) in [5.41, 5.74) is -0.764. The molecule has 0 spiro atoms. The Kier molecular flexibility index (Phi) is 7.08. The fourth-order valence-electron chi connectivity index (χ4n) is 0.557. The molecule has 0 bridgehead atoms. The molecule has 0 saturated carbocycles. The Balaban J connectivity index is 0. The van der Waals surface area contributed by atoms with E-state index in [0.29, 0.717) is 0 Å². The van der Waals surface area contributed by atoms with E-state index >= 15 is 0 Å². The average molecular weight is 336 g/mol. The molecule has 0 saturated heterocycles. The van der Waals surface area contributed by atoms with Gasteiger partial charge < -0.3 is 5.11 Å². The third kappa shape index (κ3) is 6.31. The van der Waals surface area contributed by atoms with E-state index in [1.165, 1.54) is 6.08 Å². The molecule has 0 aliphatic carbocycles. The molecule has 0 aliphatic rings. The maximum atomic E-state index is 11.5. The Morgan fingerprint density at radius 3 is 1.57 bits per heavy atom. The first kappa shape index (κ1) is 17.2. The summed E-state index contributed by atoms with van der Waals surface area (Å²) in [7, 11) is 0. The molecule has 0 amide bonds. The number of carbonyl (C=O) groups excluding carboxylic acids is 1. The summed E-state index contributed by atoms with van der Waals surface area (Å²) in [6, 6.07) is 0. The van der Waals surface area contributed by atoms with E-state index in [1.54, 1.807) is 0 Å². The number of allylic oxidation sites excluding steroid dienone is 2. The first-order chi connectivity index (χ1) is 5.55. The van der Waals surface area contributed by atoms with Crippen LogP contribution in [-0.4, -0.2) is 10.9 Å². The molecule has 2 nitrogen and oxygen atoms in total.